The molecule has 19 heavy (non-hydrogen) atoms. The third-order valence-electron chi connectivity index (χ3n) is 3.36. The van der Waals surface area contributed by atoms with Crippen LogP contribution in [0.5, 0.6) is 0 Å². The van der Waals surface area contributed by atoms with Crippen molar-refractivity contribution in [2.45, 2.75) is 20.4 Å². The summed E-state index contributed by atoms with van der Waals surface area (Å²) in [4.78, 5) is 14.1. The minimum Gasteiger partial charge on any atom is -0.337 e. The largest absolute Gasteiger partial charge is 0.337 e. The molecule has 4 heteroatoms. The summed E-state index contributed by atoms with van der Waals surface area (Å²) in [6, 6.07) is 5.82. The van der Waals surface area contributed by atoms with Crippen molar-refractivity contribution >= 4 is 5.91 Å². The Labute approximate surface area is 113 Å². The SMILES string of the molecule is Cc1cccc(C(=O)N(C)Cc2cnn(C)c2)c1C. The summed E-state index contributed by atoms with van der Waals surface area (Å²) in [6.45, 7) is 4.58. The van der Waals surface area contributed by atoms with Gasteiger partial charge in [0.2, 0.25) is 0 Å². The van der Waals surface area contributed by atoms with Crippen LogP contribution in [0.3, 0.4) is 0 Å². The monoisotopic (exact) mass is 257 g/mol. The highest BCUT2D eigenvalue weighted by Gasteiger charge is 2.15. The van der Waals surface area contributed by atoms with Gasteiger partial charge < -0.3 is 4.90 Å². The van der Waals surface area contributed by atoms with Crippen molar-refractivity contribution in [2.24, 2.45) is 7.05 Å². The molecule has 0 fully saturated rings. The molecule has 0 spiro atoms. The third kappa shape index (κ3) is 2.84. The van der Waals surface area contributed by atoms with Crippen LogP contribution in [0.15, 0.2) is 30.6 Å². The smallest absolute Gasteiger partial charge is 0.254 e. The molecule has 1 aromatic heterocycles. The van der Waals surface area contributed by atoms with Crippen LogP contribution in [0.25, 0.3) is 0 Å². The van der Waals surface area contributed by atoms with E-state index < -0.39 is 0 Å². The van der Waals surface area contributed by atoms with E-state index in [-0.39, 0.29) is 5.91 Å². The zero-order valence-corrected chi connectivity index (χ0v) is 11.8. The number of hydrogen-bond acceptors (Lipinski definition) is 2. The molecule has 1 heterocycles. The normalized spacial score (nSPS) is 10.5. The molecular weight excluding hydrogens is 238 g/mol. The first-order chi connectivity index (χ1) is 8.99. The number of amides is 1. The standard InChI is InChI=1S/C15H19N3O/c1-11-6-5-7-14(12(11)2)15(19)17(3)9-13-8-16-18(4)10-13/h5-8,10H,9H2,1-4H3. The summed E-state index contributed by atoms with van der Waals surface area (Å²) in [5.41, 5.74) is 3.99. The first kappa shape index (κ1) is 13.3. The summed E-state index contributed by atoms with van der Waals surface area (Å²) in [7, 11) is 3.69. The second kappa shape index (κ2) is 5.26. The van der Waals surface area contributed by atoms with Gasteiger partial charge in [0.05, 0.1) is 6.20 Å². The Bertz CT molecular complexity index is 601. The first-order valence-corrected chi connectivity index (χ1v) is 6.28. The number of aromatic nitrogens is 2. The minimum atomic E-state index is 0.0463. The molecule has 1 aromatic carbocycles. The first-order valence-electron chi connectivity index (χ1n) is 6.28. The average molecular weight is 257 g/mol. The summed E-state index contributed by atoms with van der Waals surface area (Å²) in [5, 5.41) is 4.11. The van der Waals surface area contributed by atoms with Crippen LogP contribution in [0.2, 0.25) is 0 Å². The predicted octanol–water partition coefficient (Wildman–Crippen LogP) is 2.31. The molecule has 2 rings (SSSR count). The molecule has 0 aliphatic rings. The molecule has 0 radical (unpaired) electrons. The lowest BCUT2D eigenvalue weighted by Crippen LogP contribution is -2.26. The maximum absolute atomic E-state index is 12.4. The Morgan fingerprint density at radius 1 is 1.37 bits per heavy atom. The number of hydrogen-bond donors (Lipinski definition) is 0. The predicted molar refractivity (Wildman–Crippen MR) is 74.9 cm³/mol. The van der Waals surface area contributed by atoms with Gasteiger partial charge in [-0.05, 0) is 31.0 Å². The van der Waals surface area contributed by atoms with Gasteiger partial charge in [-0.3, -0.25) is 9.48 Å². The van der Waals surface area contributed by atoms with Crippen LogP contribution in [0, 0.1) is 13.8 Å². The van der Waals surface area contributed by atoms with Crippen LogP contribution in [0.1, 0.15) is 27.0 Å². The molecule has 4 nitrogen and oxygen atoms in total. The minimum absolute atomic E-state index is 0.0463. The maximum Gasteiger partial charge on any atom is 0.254 e. The summed E-state index contributed by atoms with van der Waals surface area (Å²) in [5.74, 6) is 0.0463. The van der Waals surface area contributed by atoms with E-state index in [1.807, 2.05) is 52.3 Å². The van der Waals surface area contributed by atoms with Crippen molar-refractivity contribution in [3.63, 3.8) is 0 Å². The highest BCUT2D eigenvalue weighted by atomic mass is 16.2. The molecule has 100 valence electrons. The van der Waals surface area contributed by atoms with E-state index in [4.69, 9.17) is 0 Å². The number of benzene rings is 1. The van der Waals surface area contributed by atoms with Crippen molar-refractivity contribution < 1.29 is 4.79 Å². The van der Waals surface area contributed by atoms with Crippen LogP contribution >= 0.6 is 0 Å². The zero-order valence-electron chi connectivity index (χ0n) is 11.8. The van der Waals surface area contributed by atoms with Crippen LogP contribution in [-0.2, 0) is 13.6 Å². The van der Waals surface area contributed by atoms with E-state index in [9.17, 15) is 4.79 Å². The molecule has 2 aromatic rings. The number of carbonyl (C=O) groups excluding carboxylic acids is 1. The molecule has 0 aliphatic carbocycles. The maximum atomic E-state index is 12.4. The zero-order chi connectivity index (χ0) is 14.0. The van der Waals surface area contributed by atoms with Gasteiger partial charge in [0.15, 0.2) is 0 Å². The van der Waals surface area contributed by atoms with Gasteiger partial charge in [-0.15, -0.1) is 0 Å². The molecule has 0 saturated carbocycles. The second-order valence-electron chi connectivity index (χ2n) is 4.93. The Hall–Kier alpha value is -2.10. The van der Waals surface area contributed by atoms with Gasteiger partial charge in [-0.2, -0.15) is 5.10 Å². The Morgan fingerprint density at radius 2 is 2.11 bits per heavy atom. The average Bonchev–Trinajstić information content (AvgIpc) is 2.77. The lowest BCUT2D eigenvalue weighted by Gasteiger charge is -2.18. The van der Waals surface area contributed by atoms with Gasteiger partial charge in [0.1, 0.15) is 0 Å². The number of aryl methyl sites for hydroxylation is 2. The quantitative estimate of drug-likeness (QED) is 0.846. The third-order valence-corrected chi connectivity index (χ3v) is 3.36. The Balaban J connectivity index is 2.17. The summed E-state index contributed by atoms with van der Waals surface area (Å²) >= 11 is 0. The van der Waals surface area contributed by atoms with E-state index in [0.717, 1.165) is 22.3 Å². The van der Waals surface area contributed by atoms with Gasteiger partial charge in [0.25, 0.3) is 5.91 Å². The van der Waals surface area contributed by atoms with Crippen LogP contribution < -0.4 is 0 Å². The molecule has 0 N–H and O–H groups in total. The van der Waals surface area contributed by atoms with Crippen molar-refractivity contribution in [3.05, 3.63) is 52.8 Å². The summed E-state index contributed by atoms with van der Waals surface area (Å²) in [6.07, 6.45) is 3.71. The van der Waals surface area contributed by atoms with E-state index in [1.54, 1.807) is 15.8 Å². The summed E-state index contributed by atoms with van der Waals surface area (Å²) < 4.78 is 1.74. The van der Waals surface area contributed by atoms with Crippen molar-refractivity contribution in [3.8, 4) is 0 Å². The van der Waals surface area contributed by atoms with Crippen molar-refractivity contribution in [2.75, 3.05) is 7.05 Å². The van der Waals surface area contributed by atoms with Crippen molar-refractivity contribution in [1.29, 1.82) is 0 Å². The Kier molecular flexibility index (Phi) is 3.69. The fourth-order valence-electron chi connectivity index (χ4n) is 2.09. The van der Waals surface area contributed by atoms with E-state index in [1.165, 1.54) is 0 Å². The van der Waals surface area contributed by atoms with Gasteiger partial charge >= 0.3 is 0 Å². The second-order valence-corrected chi connectivity index (χ2v) is 4.93. The molecule has 0 aliphatic heterocycles. The molecule has 0 bridgehead atoms. The van der Waals surface area contributed by atoms with E-state index in [0.29, 0.717) is 6.54 Å². The van der Waals surface area contributed by atoms with Gasteiger partial charge in [-0.1, -0.05) is 12.1 Å². The topological polar surface area (TPSA) is 38.1 Å². The van der Waals surface area contributed by atoms with Crippen molar-refractivity contribution in [1.82, 2.24) is 14.7 Å². The number of rotatable bonds is 3. The number of carbonyl (C=O) groups is 1. The molecule has 0 unspecified atom stereocenters. The Morgan fingerprint density at radius 3 is 2.74 bits per heavy atom. The molecule has 1 amide bonds. The van der Waals surface area contributed by atoms with Crippen LogP contribution in [-0.4, -0.2) is 27.6 Å². The van der Waals surface area contributed by atoms with Gasteiger partial charge in [0, 0.05) is 38.0 Å². The highest BCUT2D eigenvalue weighted by molar-refractivity contribution is 5.95. The lowest BCUT2D eigenvalue weighted by molar-refractivity contribution is 0.0784. The number of nitrogens with zero attached hydrogens (tertiary/aromatic N) is 3. The van der Waals surface area contributed by atoms with Crippen LogP contribution in [0.4, 0.5) is 0 Å². The fraction of sp³-hybridized carbons (Fsp3) is 0.333. The van der Waals surface area contributed by atoms with E-state index in [2.05, 4.69) is 5.10 Å². The fourth-order valence-corrected chi connectivity index (χ4v) is 2.09. The molecule has 0 saturated heterocycles. The highest BCUT2D eigenvalue weighted by Crippen LogP contribution is 2.15. The lowest BCUT2D eigenvalue weighted by atomic mass is 10.0. The van der Waals surface area contributed by atoms with Gasteiger partial charge in [-0.25, -0.2) is 0 Å². The van der Waals surface area contributed by atoms with E-state index >= 15 is 0 Å². The molecule has 0 atom stereocenters. The molecular formula is C15H19N3O.